The standard InChI is InChI=1S/C8H11F3N2O2/c1-2-5-7(15)13(3-6(14)12-5)4-8(9,10)11/h5H,2-4H2,1H3,(H,12,14). The van der Waals surface area contributed by atoms with E-state index in [2.05, 4.69) is 5.32 Å². The van der Waals surface area contributed by atoms with Crippen molar-refractivity contribution in [3.8, 4) is 0 Å². The lowest BCUT2D eigenvalue weighted by atomic mass is 10.1. The highest BCUT2D eigenvalue weighted by molar-refractivity contribution is 5.94. The van der Waals surface area contributed by atoms with Crippen molar-refractivity contribution in [1.29, 1.82) is 0 Å². The number of piperazine rings is 1. The van der Waals surface area contributed by atoms with Gasteiger partial charge in [-0.3, -0.25) is 9.59 Å². The number of carbonyl (C=O) groups is 2. The van der Waals surface area contributed by atoms with E-state index in [1.807, 2.05) is 0 Å². The first kappa shape index (κ1) is 11.8. The number of nitrogens with zero attached hydrogens (tertiary/aromatic N) is 1. The van der Waals surface area contributed by atoms with Gasteiger partial charge in [0, 0.05) is 0 Å². The summed E-state index contributed by atoms with van der Waals surface area (Å²) >= 11 is 0. The smallest absolute Gasteiger partial charge is 0.343 e. The van der Waals surface area contributed by atoms with Crippen molar-refractivity contribution in [2.24, 2.45) is 0 Å². The van der Waals surface area contributed by atoms with Crippen LogP contribution in [0.3, 0.4) is 0 Å². The molecule has 0 aliphatic carbocycles. The van der Waals surface area contributed by atoms with Gasteiger partial charge in [0.2, 0.25) is 11.8 Å². The minimum Gasteiger partial charge on any atom is -0.343 e. The van der Waals surface area contributed by atoms with E-state index in [-0.39, 0.29) is 0 Å². The van der Waals surface area contributed by atoms with Crippen LogP contribution in [0.5, 0.6) is 0 Å². The summed E-state index contributed by atoms with van der Waals surface area (Å²) in [6, 6.07) is -0.825. The highest BCUT2D eigenvalue weighted by atomic mass is 19.4. The summed E-state index contributed by atoms with van der Waals surface area (Å²) in [6.07, 6.45) is -4.18. The number of hydrogen-bond acceptors (Lipinski definition) is 2. The molecular weight excluding hydrogens is 213 g/mol. The molecule has 1 aliphatic heterocycles. The summed E-state index contributed by atoms with van der Waals surface area (Å²) in [5, 5.41) is 2.33. The molecule has 0 aromatic rings. The van der Waals surface area contributed by atoms with Crippen LogP contribution in [0.4, 0.5) is 13.2 Å². The molecule has 7 heteroatoms. The summed E-state index contributed by atoms with van der Waals surface area (Å²) in [4.78, 5) is 22.9. The SMILES string of the molecule is CCC1NC(=O)CN(CC(F)(F)F)C1=O. The predicted molar refractivity (Wildman–Crippen MR) is 44.9 cm³/mol. The molecule has 0 spiro atoms. The van der Waals surface area contributed by atoms with Gasteiger partial charge in [0.1, 0.15) is 12.6 Å². The van der Waals surface area contributed by atoms with Gasteiger partial charge in [-0.05, 0) is 6.42 Å². The fourth-order valence-corrected chi connectivity index (χ4v) is 1.40. The zero-order valence-electron chi connectivity index (χ0n) is 8.10. The maximum absolute atomic E-state index is 12.0. The first-order valence-corrected chi connectivity index (χ1v) is 4.48. The Morgan fingerprint density at radius 3 is 2.53 bits per heavy atom. The Morgan fingerprint density at radius 2 is 2.07 bits per heavy atom. The molecule has 0 aromatic carbocycles. The lowest BCUT2D eigenvalue weighted by Gasteiger charge is -2.32. The van der Waals surface area contributed by atoms with Gasteiger partial charge in [0.15, 0.2) is 0 Å². The second-order valence-electron chi connectivity index (χ2n) is 3.34. The van der Waals surface area contributed by atoms with Gasteiger partial charge < -0.3 is 10.2 Å². The monoisotopic (exact) mass is 224 g/mol. The van der Waals surface area contributed by atoms with Gasteiger partial charge in [-0.25, -0.2) is 0 Å². The van der Waals surface area contributed by atoms with Crippen molar-refractivity contribution >= 4 is 11.8 Å². The number of amides is 2. The molecule has 15 heavy (non-hydrogen) atoms. The second kappa shape index (κ2) is 4.08. The van der Waals surface area contributed by atoms with Crippen LogP contribution in [0.1, 0.15) is 13.3 Å². The van der Waals surface area contributed by atoms with E-state index in [9.17, 15) is 22.8 Å². The number of halogens is 3. The van der Waals surface area contributed by atoms with E-state index >= 15 is 0 Å². The van der Waals surface area contributed by atoms with Gasteiger partial charge in [-0.1, -0.05) is 6.92 Å². The second-order valence-corrected chi connectivity index (χ2v) is 3.34. The van der Waals surface area contributed by atoms with Gasteiger partial charge in [0.05, 0.1) is 6.54 Å². The zero-order chi connectivity index (χ0) is 11.6. The number of alkyl halides is 3. The zero-order valence-corrected chi connectivity index (χ0v) is 8.10. The fraction of sp³-hybridized carbons (Fsp3) is 0.750. The highest BCUT2D eigenvalue weighted by Crippen LogP contribution is 2.18. The normalized spacial score (nSPS) is 22.9. The molecule has 1 heterocycles. The van der Waals surface area contributed by atoms with Crippen LogP contribution < -0.4 is 5.32 Å². The molecule has 1 rings (SSSR count). The number of hydrogen-bond donors (Lipinski definition) is 1. The number of rotatable bonds is 2. The molecule has 1 saturated heterocycles. The minimum atomic E-state index is -4.47. The lowest BCUT2D eigenvalue weighted by molar-refractivity contribution is -0.167. The predicted octanol–water partition coefficient (Wildman–Crippen LogP) is 0.286. The molecule has 1 N–H and O–H groups in total. The van der Waals surface area contributed by atoms with Gasteiger partial charge >= 0.3 is 6.18 Å². The third kappa shape index (κ3) is 3.10. The lowest BCUT2D eigenvalue weighted by Crippen LogP contribution is -2.59. The Bertz CT molecular complexity index is 278. The van der Waals surface area contributed by atoms with Crippen molar-refractivity contribution in [1.82, 2.24) is 10.2 Å². The summed E-state index contributed by atoms with van der Waals surface area (Å²) in [5.74, 6) is -1.22. The molecule has 0 radical (unpaired) electrons. The summed E-state index contributed by atoms with van der Waals surface area (Å²) in [7, 11) is 0. The van der Waals surface area contributed by atoms with E-state index in [0.29, 0.717) is 11.3 Å². The number of carbonyl (C=O) groups excluding carboxylic acids is 2. The van der Waals surface area contributed by atoms with E-state index in [1.165, 1.54) is 0 Å². The van der Waals surface area contributed by atoms with Crippen LogP contribution in [0.15, 0.2) is 0 Å². The molecular formula is C8H11F3N2O2. The number of nitrogens with one attached hydrogen (secondary N) is 1. The molecule has 0 saturated carbocycles. The van der Waals surface area contributed by atoms with E-state index in [1.54, 1.807) is 6.92 Å². The third-order valence-corrected chi connectivity index (χ3v) is 2.06. The Balaban J connectivity index is 2.71. The molecule has 1 atom stereocenters. The van der Waals surface area contributed by atoms with Crippen molar-refractivity contribution in [3.05, 3.63) is 0 Å². The van der Waals surface area contributed by atoms with Gasteiger partial charge in [-0.2, -0.15) is 13.2 Å². The average Bonchev–Trinajstić information content (AvgIpc) is 2.08. The molecule has 86 valence electrons. The molecule has 0 bridgehead atoms. The molecule has 1 fully saturated rings. The van der Waals surface area contributed by atoms with E-state index in [0.717, 1.165) is 0 Å². The Hall–Kier alpha value is -1.27. The van der Waals surface area contributed by atoms with Crippen LogP contribution in [0.2, 0.25) is 0 Å². The van der Waals surface area contributed by atoms with Crippen LogP contribution in [-0.4, -0.2) is 42.0 Å². The average molecular weight is 224 g/mol. The Kier molecular flexibility index (Phi) is 3.21. The van der Waals surface area contributed by atoms with Crippen molar-refractivity contribution in [2.75, 3.05) is 13.1 Å². The molecule has 1 unspecified atom stereocenters. The summed E-state index contributed by atoms with van der Waals surface area (Å²) in [6.45, 7) is -0.259. The van der Waals surface area contributed by atoms with Gasteiger partial charge in [-0.15, -0.1) is 0 Å². The summed E-state index contributed by atoms with van der Waals surface area (Å²) < 4.78 is 36.1. The summed E-state index contributed by atoms with van der Waals surface area (Å²) in [5.41, 5.74) is 0. The van der Waals surface area contributed by atoms with Crippen molar-refractivity contribution < 1.29 is 22.8 Å². The first-order valence-electron chi connectivity index (χ1n) is 4.48. The maximum atomic E-state index is 12.0. The molecule has 0 aromatic heterocycles. The molecule has 1 aliphatic rings. The third-order valence-electron chi connectivity index (χ3n) is 2.06. The minimum absolute atomic E-state index is 0.291. The topological polar surface area (TPSA) is 49.4 Å². The Labute approximate surface area is 84.4 Å². The Morgan fingerprint density at radius 1 is 1.47 bits per heavy atom. The van der Waals surface area contributed by atoms with Crippen LogP contribution in [0, 0.1) is 0 Å². The largest absolute Gasteiger partial charge is 0.406 e. The first-order chi connectivity index (χ1) is 6.83. The van der Waals surface area contributed by atoms with Crippen molar-refractivity contribution in [3.63, 3.8) is 0 Å². The quantitative estimate of drug-likeness (QED) is 0.732. The van der Waals surface area contributed by atoms with Crippen LogP contribution in [0.25, 0.3) is 0 Å². The molecule has 4 nitrogen and oxygen atoms in total. The maximum Gasteiger partial charge on any atom is 0.406 e. The van der Waals surface area contributed by atoms with Crippen LogP contribution in [-0.2, 0) is 9.59 Å². The highest BCUT2D eigenvalue weighted by Gasteiger charge is 2.38. The fourth-order valence-electron chi connectivity index (χ4n) is 1.40. The van der Waals surface area contributed by atoms with Crippen LogP contribution >= 0.6 is 0 Å². The van der Waals surface area contributed by atoms with E-state index in [4.69, 9.17) is 0 Å². The van der Waals surface area contributed by atoms with Gasteiger partial charge in [0.25, 0.3) is 0 Å². The van der Waals surface area contributed by atoms with E-state index < -0.39 is 37.1 Å². The molecule has 2 amide bonds. The van der Waals surface area contributed by atoms with Crippen molar-refractivity contribution in [2.45, 2.75) is 25.6 Å².